The number of oxazole rings is 1. The number of nitrogens with one attached hydrogen (secondary N) is 2. The van der Waals surface area contributed by atoms with Crippen LogP contribution in [-0.4, -0.2) is 62.2 Å². The van der Waals surface area contributed by atoms with Gasteiger partial charge in [-0.25, -0.2) is 32.0 Å². The van der Waals surface area contributed by atoms with Crippen LogP contribution in [0.2, 0.25) is 0 Å². The molecule has 0 aliphatic carbocycles. The van der Waals surface area contributed by atoms with Gasteiger partial charge in [-0.15, -0.1) is 0 Å². The molecule has 0 saturated carbocycles. The van der Waals surface area contributed by atoms with Gasteiger partial charge in [-0.1, -0.05) is 18.2 Å². The second kappa shape index (κ2) is 16.7. The average Bonchev–Trinajstić information content (AvgIpc) is 3.58. The molecule has 57 heavy (non-hydrogen) atoms. The molecular weight excluding hydrogens is 770 g/mol. The third kappa shape index (κ3) is 8.69. The average molecular weight is 805 g/mol. The molecule has 2 heterocycles. The van der Waals surface area contributed by atoms with E-state index in [1.807, 2.05) is 6.92 Å². The Labute approximate surface area is 324 Å². The topological polar surface area (TPSA) is 179 Å². The van der Waals surface area contributed by atoms with Gasteiger partial charge in [-0.3, -0.25) is 9.52 Å². The molecule has 0 radical (unpaired) electrons. The molecule has 0 spiro atoms. The van der Waals surface area contributed by atoms with E-state index >= 15 is 8.78 Å². The maximum absolute atomic E-state index is 15.3. The number of amides is 1. The Morgan fingerprint density at radius 1 is 0.912 bits per heavy atom. The lowest BCUT2D eigenvalue weighted by Crippen LogP contribution is -2.43. The van der Waals surface area contributed by atoms with Gasteiger partial charge in [0.2, 0.25) is 5.95 Å². The normalized spacial score (nSPS) is 12.0. The number of fused-ring (bicyclic) bond motifs is 1. The van der Waals surface area contributed by atoms with Crippen molar-refractivity contribution in [3.05, 3.63) is 119 Å². The monoisotopic (exact) mass is 804 g/mol. The number of methoxy groups -OCH3 is 2. The number of pyridine rings is 1. The number of hydrogen-bond acceptors (Lipinski definition) is 10. The first-order valence-corrected chi connectivity index (χ1v) is 18.7. The number of aryl methyl sites for hydroxylation is 1. The van der Waals surface area contributed by atoms with Crippen LogP contribution in [0.25, 0.3) is 33.4 Å². The zero-order valence-corrected chi connectivity index (χ0v) is 31.7. The first-order chi connectivity index (χ1) is 27.2. The minimum absolute atomic E-state index is 0.249. The Balaban J connectivity index is 1.23. The standard InChI is InChI=1S/C40H35F3N4O9S/c1-5-55-20-22-14-32(53-3)35(33(15-22)54-4)28-11-8-25(37-38(28)56-21(2)45-37)16-31(40(49)50)46-39(48)36-29(41)18-26(19-30(36)42)47-57(51,52)27-9-6-23(7-10-27)24-12-13-44-34(43)17-24/h6-15,17-19,31,47H,5,16,20H2,1-4H3,(H,46,48)(H,49,50). The van der Waals surface area contributed by atoms with Gasteiger partial charge in [0.05, 0.1) is 37.0 Å². The van der Waals surface area contributed by atoms with Crippen LogP contribution >= 0.6 is 0 Å². The molecule has 0 bridgehead atoms. The van der Waals surface area contributed by atoms with Crippen molar-refractivity contribution < 1.29 is 54.9 Å². The van der Waals surface area contributed by atoms with Gasteiger partial charge >= 0.3 is 5.97 Å². The van der Waals surface area contributed by atoms with Gasteiger partial charge in [0.15, 0.2) is 11.5 Å². The van der Waals surface area contributed by atoms with Crippen LogP contribution in [0.1, 0.15) is 34.3 Å². The van der Waals surface area contributed by atoms with E-state index in [1.165, 1.54) is 56.8 Å². The number of halogens is 3. The Morgan fingerprint density at radius 2 is 1.58 bits per heavy atom. The van der Waals surface area contributed by atoms with Gasteiger partial charge < -0.3 is 29.1 Å². The fourth-order valence-corrected chi connectivity index (χ4v) is 7.22. The summed E-state index contributed by atoms with van der Waals surface area (Å²) in [6.07, 6.45) is 0.879. The minimum Gasteiger partial charge on any atom is -0.496 e. The number of anilines is 1. The van der Waals surface area contributed by atoms with Gasteiger partial charge in [-0.2, -0.15) is 4.39 Å². The molecule has 296 valence electrons. The number of aliphatic carboxylic acids is 1. The molecule has 6 aromatic rings. The number of carbonyl (C=O) groups excluding carboxylic acids is 1. The molecule has 1 amide bonds. The van der Waals surface area contributed by atoms with E-state index < -0.39 is 56.8 Å². The van der Waals surface area contributed by atoms with Crippen LogP contribution in [0, 0.1) is 24.5 Å². The third-order valence-corrected chi connectivity index (χ3v) is 10.2. The summed E-state index contributed by atoms with van der Waals surface area (Å²) in [5.74, 6) is -5.42. The van der Waals surface area contributed by atoms with E-state index in [2.05, 4.69) is 20.0 Å². The maximum atomic E-state index is 15.3. The molecule has 4 aromatic carbocycles. The first kappa shape index (κ1) is 40.2. The van der Waals surface area contributed by atoms with Crippen molar-refractivity contribution in [1.82, 2.24) is 15.3 Å². The van der Waals surface area contributed by atoms with Crippen molar-refractivity contribution in [1.29, 1.82) is 0 Å². The number of rotatable bonds is 15. The number of carboxylic acids is 1. The first-order valence-electron chi connectivity index (χ1n) is 17.2. The predicted octanol–water partition coefficient (Wildman–Crippen LogP) is 7.06. The highest BCUT2D eigenvalue weighted by molar-refractivity contribution is 7.92. The van der Waals surface area contributed by atoms with Crippen molar-refractivity contribution in [3.63, 3.8) is 0 Å². The van der Waals surface area contributed by atoms with Crippen LogP contribution in [-0.2, 0) is 32.6 Å². The highest BCUT2D eigenvalue weighted by Crippen LogP contribution is 2.44. The molecule has 0 aliphatic rings. The number of nitrogens with zero attached hydrogens (tertiary/aromatic N) is 2. The molecule has 6 rings (SSSR count). The molecule has 0 aliphatic heterocycles. The summed E-state index contributed by atoms with van der Waals surface area (Å²) in [5, 5.41) is 12.3. The molecule has 3 N–H and O–H groups in total. The van der Waals surface area contributed by atoms with Crippen molar-refractivity contribution in [3.8, 4) is 33.8 Å². The van der Waals surface area contributed by atoms with E-state index in [1.54, 1.807) is 31.2 Å². The van der Waals surface area contributed by atoms with E-state index in [0.29, 0.717) is 64.7 Å². The molecule has 1 unspecified atom stereocenters. The molecule has 0 fully saturated rings. The highest BCUT2D eigenvalue weighted by atomic mass is 32.2. The van der Waals surface area contributed by atoms with Crippen LogP contribution < -0.4 is 19.5 Å². The Kier molecular flexibility index (Phi) is 11.8. The van der Waals surface area contributed by atoms with E-state index in [9.17, 15) is 27.5 Å². The smallest absolute Gasteiger partial charge is 0.326 e. The Hall–Kier alpha value is -6.46. The zero-order chi connectivity index (χ0) is 41.0. The fraction of sp³-hybridized carbons (Fsp3) is 0.200. The predicted molar refractivity (Wildman–Crippen MR) is 202 cm³/mol. The van der Waals surface area contributed by atoms with E-state index in [4.69, 9.17) is 18.6 Å². The molecular formula is C40H35F3N4O9S. The van der Waals surface area contributed by atoms with Crippen molar-refractivity contribution in [2.75, 3.05) is 25.5 Å². The summed E-state index contributed by atoms with van der Waals surface area (Å²) in [7, 11) is -1.40. The number of carbonyl (C=O) groups is 2. The maximum Gasteiger partial charge on any atom is 0.326 e. The summed E-state index contributed by atoms with van der Waals surface area (Å²) in [5.41, 5.74) is 1.96. The summed E-state index contributed by atoms with van der Waals surface area (Å²) >= 11 is 0. The number of hydrogen-bond donors (Lipinski definition) is 3. The van der Waals surface area contributed by atoms with Crippen LogP contribution in [0.4, 0.5) is 18.9 Å². The van der Waals surface area contributed by atoms with Crippen molar-refractivity contribution >= 4 is 38.7 Å². The quantitative estimate of drug-likeness (QED) is 0.0905. The second-order valence-corrected chi connectivity index (χ2v) is 14.3. The lowest BCUT2D eigenvalue weighted by Gasteiger charge is -2.18. The van der Waals surface area contributed by atoms with Crippen molar-refractivity contribution in [2.24, 2.45) is 0 Å². The molecule has 13 nitrogen and oxygen atoms in total. The van der Waals surface area contributed by atoms with Gasteiger partial charge in [-0.05, 0) is 77.7 Å². The summed E-state index contributed by atoms with van der Waals surface area (Å²) in [6, 6.07) is 14.3. The van der Waals surface area contributed by atoms with Gasteiger partial charge in [0.25, 0.3) is 15.9 Å². The highest BCUT2D eigenvalue weighted by Gasteiger charge is 2.29. The number of benzene rings is 4. The lowest BCUT2D eigenvalue weighted by molar-refractivity contribution is -0.139. The van der Waals surface area contributed by atoms with Gasteiger partial charge in [0.1, 0.15) is 40.3 Å². The number of carboxylic acid groups (broad SMARTS) is 1. The second-order valence-electron chi connectivity index (χ2n) is 12.6. The SMILES string of the molecule is CCOCc1cc(OC)c(-c2ccc(CC(NC(=O)c3c(F)cc(NS(=O)(=O)c4ccc(-c5ccnc(F)c5)cc4)cc3F)C(=O)O)c3nc(C)oc23)c(OC)c1. The zero-order valence-electron chi connectivity index (χ0n) is 30.9. The van der Waals surface area contributed by atoms with Crippen molar-refractivity contribution in [2.45, 2.75) is 37.8 Å². The largest absolute Gasteiger partial charge is 0.496 e. The molecule has 17 heteroatoms. The molecule has 2 aromatic heterocycles. The molecule has 0 saturated heterocycles. The van der Waals surface area contributed by atoms with E-state index in [0.717, 1.165) is 5.56 Å². The van der Waals surface area contributed by atoms with Crippen LogP contribution in [0.15, 0.2) is 88.3 Å². The number of sulfonamides is 1. The summed E-state index contributed by atoms with van der Waals surface area (Å²) in [4.78, 5) is 33.3. The Bertz CT molecular complexity index is 2550. The third-order valence-electron chi connectivity index (χ3n) is 8.82. The Morgan fingerprint density at radius 3 is 2.18 bits per heavy atom. The fourth-order valence-electron chi connectivity index (χ4n) is 6.18. The van der Waals surface area contributed by atoms with Gasteiger partial charge in [0, 0.05) is 37.8 Å². The molecule has 1 atom stereocenters. The van der Waals surface area contributed by atoms with E-state index in [-0.39, 0.29) is 28.3 Å². The summed E-state index contributed by atoms with van der Waals surface area (Å²) < 4.78 is 95.3. The van der Waals surface area contributed by atoms with Crippen LogP contribution in [0.3, 0.4) is 0 Å². The summed E-state index contributed by atoms with van der Waals surface area (Å²) in [6.45, 7) is 4.29. The number of ether oxygens (including phenoxy) is 3. The number of aromatic nitrogens is 2. The minimum atomic E-state index is -4.38. The van der Waals surface area contributed by atoms with Crippen LogP contribution in [0.5, 0.6) is 11.5 Å². The lowest BCUT2D eigenvalue weighted by atomic mass is 9.96.